The number of rotatable bonds is 7. The highest BCUT2D eigenvalue weighted by atomic mass is 16.1. The summed E-state index contributed by atoms with van der Waals surface area (Å²) in [5.74, 6) is 0.812. The van der Waals surface area contributed by atoms with Gasteiger partial charge in [0.25, 0.3) is 5.91 Å². The molecule has 0 saturated heterocycles. The number of hydrogen-bond acceptors (Lipinski definition) is 5. The standard InChI is InChI=1S/C27H27N7O/c1-4-33-17-28-27(32-33)31-26(35)21-16-22-24(29-18(21)3)30-25(34(22)5-2)23(19-12-8-6-9-13-19)20-14-10-7-11-15-20/h6-17,23H,4-5H2,1-3H3,(H,31,32,35). The van der Waals surface area contributed by atoms with Crippen LogP contribution in [-0.2, 0) is 13.1 Å². The van der Waals surface area contributed by atoms with Gasteiger partial charge in [-0.05, 0) is 38.0 Å². The van der Waals surface area contributed by atoms with Crippen molar-refractivity contribution in [1.82, 2.24) is 29.3 Å². The number of aryl methyl sites for hydroxylation is 3. The molecule has 3 heterocycles. The first-order valence-corrected chi connectivity index (χ1v) is 11.8. The van der Waals surface area contributed by atoms with Crippen LogP contribution in [-0.4, -0.2) is 35.2 Å². The van der Waals surface area contributed by atoms with Gasteiger partial charge in [0.1, 0.15) is 12.2 Å². The van der Waals surface area contributed by atoms with Gasteiger partial charge >= 0.3 is 0 Å². The van der Waals surface area contributed by atoms with Gasteiger partial charge in [-0.3, -0.25) is 14.8 Å². The molecule has 0 saturated carbocycles. The summed E-state index contributed by atoms with van der Waals surface area (Å²) in [6.07, 6.45) is 1.59. The third-order valence-corrected chi connectivity index (χ3v) is 6.13. The van der Waals surface area contributed by atoms with E-state index in [1.807, 2.05) is 56.3 Å². The average molecular weight is 466 g/mol. The van der Waals surface area contributed by atoms with Crippen molar-refractivity contribution in [1.29, 1.82) is 0 Å². The summed E-state index contributed by atoms with van der Waals surface area (Å²) in [6, 6.07) is 22.6. The number of anilines is 1. The first-order chi connectivity index (χ1) is 17.1. The zero-order chi connectivity index (χ0) is 24.4. The second-order valence-electron chi connectivity index (χ2n) is 8.31. The second-order valence-corrected chi connectivity index (χ2v) is 8.31. The van der Waals surface area contributed by atoms with Crippen molar-refractivity contribution in [3.8, 4) is 0 Å². The number of hydrogen-bond donors (Lipinski definition) is 1. The normalized spacial score (nSPS) is 11.3. The van der Waals surface area contributed by atoms with Gasteiger partial charge in [0.2, 0.25) is 5.95 Å². The third-order valence-electron chi connectivity index (χ3n) is 6.13. The molecule has 0 fully saturated rings. The first kappa shape index (κ1) is 22.5. The van der Waals surface area contributed by atoms with Crippen LogP contribution in [0.2, 0.25) is 0 Å². The third kappa shape index (κ3) is 4.30. The number of nitrogens with zero attached hydrogens (tertiary/aromatic N) is 6. The number of imidazole rings is 1. The highest BCUT2D eigenvalue weighted by Gasteiger charge is 2.25. The van der Waals surface area contributed by atoms with Crippen molar-refractivity contribution in [2.75, 3.05) is 5.32 Å². The molecule has 0 aliphatic heterocycles. The minimum atomic E-state index is -0.293. The van der Waals surface area contributed by atoms with Crippen molar-refractivity contribution in [2.45, 2.75) is 39.8 Å². The molecular formula is C27H27N7O. The number of aromatic nitrogens is 6. The quantitative estimate of drug-likeness (QED) is 0.373. The van der Waals surface area contributed by atoms with E-state index in [-0.39, 0.29) is 17.8 Å². The van der Waals surface area contributed by atoms with E-state index in [0.29, 0.717) is 30.0 Å². The van der Waals surface area contributed by atoms with E-state index >= 15 is 0 Å². The van der Waals surface area contributed by atoms with Crippen molar-refractivity contribution in [3.63, 3.8) is 0 Å². The molecule has 0 radical (unpaired) electrons. The Labute approximate surface area is 203 Å². The topological polar surface area (TPSA) is 90.5 Å². The minimum absolute atomic E-state index is 0.0636. The summed E-state index contributed by atoms with van der Waals surface area (Å²) in [5.41, 5.74) is 4.82. The van der Waals surface area contributed by atoms with Crippen molar-refractivity contribution in [3.05, 3.63) is 101 Å². The number of nitrogens with one attached hydrogen (secondary N) is 1. The van der Waals surface area contributed by atoms with Crippen molar-refractivity contribution < 1.29 is 4.79 Å². The molecule has 0 atom stereocenters. The number of fused-ring (bicyclic) bond motifs is 1. The molecule has 2 aromatic carbocycles. The van der Waals surface area contributed by atoms with E-state index in [2.05, 4.69) is 51.2 Å². The second kappa shape index (κ2) is 9.50. The Morgan fingerprint density at radius 1 is 0.943 bits per heavy atom. The van der Waals surface area contributed by atoms with Crippen LogP contribution in [0, 0.1) is 6.92 Å². The van der Waals surface area contributed by atoms with Gasteiger partial charge in [-0.25, -0.2) is 15.0 Å². The smallest absolute Gasteiger partial charge is 0.259 e. The molecule has 5 aromatic rings. The highest BCUT2D eigenvalue weighted by Crippen LogP contribution is 2.33. The van der Waals surface area contributed by atoms with Crippen molar-refractivity contribution >= 4 is 23.0 Å². The van der Waals surface area contributed by atoms with Crippen LogP contribution in [0.15, 0.2) is 73.1 Å². The lowest BCUT2D eigenvalue weighted by molar-refractivity contribution is 0.102. The highest BCUT2D eigenvalue weighted by molar-refractivity contribution is 6.05. The van der Waals surface area contributed by atoms with Crippen LogP contribution < -0.4 is 5.32 Å². The van der Waals surface area contributed by atoms with Crippen molar-refractivity contribution in [2.24, 2.45) is 0 Å². The molecule has 0 unspecified atom stereocenters. The Morgan fingerprint density at radius 3 is 2.17 bits per heavy atom. The van der Waals surface area contributed by atoms with Gasteiger partial charge < -0.3 is 4.57 Å². The van der Waals surface area contributed by atoms with Crippen LogP contribution in [0.5, 0.6) is 0 Å². The summed E-state index contributed by atoms with van der Waals surface area (Å²) < 4.78 is 3.81. The molecule has 0 aliphatic carbocycles. The molecule has 8 nitrogen and oxygen atoms in total. The lowest BCUT2D eigenvalue weighted by Gasteiger charge is -2.19. The zero-order valence-corrected chi connectivity index (χ0v) is 20.0. The Hall–Kier alpha value is -4.33. The van der Waals surface area contributed by atoms with E-state index in [1.165, 1.54) is 0 Å². The molecule has 176 valence electrons. The Kier molecular flexibility index (Phi) is 6.10. The van der Waals surface area contributed by atoms with Crippen LogP contribution in [0.4, 0.5) is 5.95 Å². The lowest BCUT2D eigenvalue weighted by Crippen LogP contribution is -2.16. The zero-order valence-electron chi connectivity index (χ0n) is 20.0. The lowest BCUT2D eigenvalue weighted by atomic mass is 9.90. The molecule has 3 aromatic heterocycles. The predicted octanol–water partition coefficient (Wildman–Crippen LogP) is 4.80. The van der Waals surface area contributed by atoms with E-state index in [4.69, 9.17) is 9.97 Å². The molecular weight excluding hydrogens is 438 g/mol. The number of amides is 1. The SMILES string of the molecule is CCn1cnc(NC(=O)c2cc3c(nc2C)nc(C(c2ccccc2)c2ccccc2)n3CC)n1. The molecule has 5 rings (SSSR count). The molecule has 1 amide bonds. The summed E-state index contributed by atoms with van der Waals surface area (Å²) in [7, 11) is 0. The van der Waals surface area contributed by atoms with Gasteiger partial charge in [-0.2, -0.15) is 0 Å². The summed E-state index contributed by atoms with van der Waals surface area (Å²) >= 11 is 0. The van der Waals surface area contributed by atoms with E-state index < -0.39 is 0 Å². The molecule has 0 spiro atoms. The molecule has 8 heteroatoms. The van der Waals surface area contributed by atoms with Gasteiger partial charge in [0.15, 0.2) is 5.65 Å². The number of benzene rings is 2. The van der Waals surface area contributed by atoms with E-state index in [9.17, 15) is 4.79 Å². The van der Waals surface area contributed by atoms with E-state index in [1.54, 1.807) is 11.0 Å². The minimum Gasteiger partial charge on any atom is -0.326 e. The summed E-state index contributed by atoms with van der Waals surface area (Å²) in [4.78, 5) is 27.0. The average Bonchev–Trinajstić information content (AvgIpc) is 3.48. The molecule has 0 bridgehead atoms. The molecule has 1 N–H and O–H groups in total. The Balaban J connectivity index is 1.61. The fraction of sp³-hybridized carbons (Fsp3) is 0.222. The largest absolute Gasteiger partial charge is 0.326 e. The molecule has 35 heavy (non-hydrogen) atoms. The number of carbonyl (C=O) groups excluding carboxylic acids is 1. The summed E-state index contributed by atoms with van der Waals surface area (Å²) in [6.45, 7) is 7.24. The first-order valence-electron chi connectivity index (χ1n) is 11.8. The maximum atomic E-state index is 13.1. The number of pyridine rings is 1. The maximum absolute atomic E-state index is 13.1. The van der Waals surface area contributed by atoms with Crippen LogP contribution in [0.1, 0.15) is 52.8 Å². The van der Waals surface area contributed by atoms with Crippen LogP contribution in [0.25, 0.3) is 11.2 Å². The van der Waals surface area contributed by atoms with Gasteiger partial charge in [-0.1, -0.05) is 60.7 Å². The number of carbonyl (C=O) groups is 1. The fourth-order valence-corrected chi connectivity index (χ4v) is 4.39. The van der Waals surface area contributed by atoms with E-state index in [0.717, 1.165) is 22.5 Å². The maximum Gasteiger partial charge on any atom is 0.259 e. The Morgan fingerprint density at radius 2 is 1.60 bits per heavy atom. The Bertz CT molecular complexity index is 1430. The predicted molar refractivity (Wildman–Crippen MR) is 135 cm³/mol. The van der Waals surface area contributed by atoms with Gasteiger partial charge in [-0.15, -0.1) is 5.10 Å². The summed E-state index contributed by atoms with van der Waals surface area (Å²) in [5, 5.41) is 7.04. The van der Waals surface area contributed by atoms with Gasteiger partial charge in [0.05, 0.1) is 22.7 Å². The monoisotopic (exact) mass is 465 g/mol. The molecule has 0 aliphatic rings. The van der Waals surface area contributed by atoms with Gasteiger partial charge in [0, 0.05) is 13.1 Å². The van der Waals surface area contributed by atoms with Crippen LogP contribution >= 0.6 is 0 Å². The van der Waals surface area contributed by atoms with Crippen LogP contribution in [0.3, 0.4) is 0 Å². The fourth-order valence-electron chi connectivity index (χ4n) is 4.39.